The standard InChI is InChI=1S/C25H35N5O3/c1-4-5-13-29-23(32)22(17-31)26-24(33)25(29)11-14-28(15-12-25)16-21-18(2)27-30(19(21)3)20-9-7-6-8-10-20/h6-10,22,31H,4-5,11-17H2,1-3H3,(H,26,33). The maximum absolute atomic E-state index is 13.1. The summed E-state index contributed by atoms with van der Waals surface area (Å²) in [7, 11) is 0. The van der Waals surface area contributed by atoms with Crippen LogP contribution in [-0.2, 0) is 16.1 Å². The number of nitrogens with one attached hydrogen (secondary N) is 1. The number of hydrogen-bond donors (Lipinski definition) is 2. The molecule has 0 aliphatic carbocycles. The minimum absolute atomic E-state index is 0.124. The van der Waals surface area contributed by atoms with Crippen molar-refractivity contribution >= 4 is 11.8 Å². The van der Waals surface area contributed by atoms with Gasteiger partial charge in [-0.3, -0.25) is 14.5 Å². The molecule has 2 aliphatic rings. The quantitative estimate of drug-likeness (QED) is 0.669. The van der Waals surface area contributed by atoms with E-state index in [0.29, 0.717) is 19.4 Å². The summed E-state index contributed by atoms with van der Waals surface area (Å²) in [5.74, 6) is -0.281. The molecule has 33 heavy (non-hydrogen) atoms. The van der Waals surface area contributed by atoms with Crippen molar-refractivity contribution in [3.05, 3.63) is 47.3 Å². The van der Waals surface area contributed by atoms with Crippen molar-refractivity contribution in [2.45, 2.75) is 64.6 Å². The lowest BCUT2D eigenvalue weighted by atomic mass is 9.81. The van der Waals surface area contributed by atoms with Crippen molar-refractivity contribution in [1.29, 1.82) is 0 Å². The maximum Gasteiger partial charge on any atom is 0.248 e. The first-order chi connectivity index (χ1) is 15.9. The number of piperazine rings is 1. The van der Waals surface area contributed by atoms with Crippen molar-refractivity contribution in [1.82, 2.24) is 24.9 Å². The molecule has 1 spiro atoms. The number of para-hydroxylation sites is 1. The van der Waals surface area contributed by atoms with Crippen LogP contribution in [0.25, 0.3) is 5.69 Å². The summed E-state index contributed by atoms with van der Waals surface area (Å²) in [4.78, 5) is 30.3. The first-order valence-electron chi connectivity index (χ1n) is 12.0. The average molecular weight is 454 g/mol. The fourth-order valence-electron chi connectivity index (χ4n) is 5.17. The molecule has 8 heteroatoms. The molecule has 1 aromatic carbocycles. The molecule has 2 amide bonds. The van der Waals surface area contributed by atoms with E-state index in [1.54, 1.807) is 4.90 Å². The summed E-state index contributed by atoms with van der Waals surface area (Å²) >= 11 is 0. The zero-order valence-electron chi connectivity index (χ0n) is 19.9. The van der Waals surface area contributed by atoms with E-state index in [2.05, 4.69) is 36.2 Å². The lowest BCUT2D eigenvalue weighted by Gasteiger charge is -2.51. The summed E-state index contributed by atoms with van der Waals surface area (Å²) < 4.78 is 1.99. The van der Waals surface area contributed by atoms with Crippen molar-refractivity contribution in [2.75, 3.05) is 26.2 Å². The molecule has 0 radical (unpaired) electrons. The van der Waals surface area contributed by atoms with Gasteiger partial charge in [-0.15, -0.1) is 0 Å². The number of hydrogen-bond acceptors (Lipinski definition) is 5. The summed E-state index contributed by atoms with van der Waals surface area (Å²) in [5, 5.41) is 17.1. The summed E-state index contributed by atoms with van der Waals surface area (Å²) in [5.41, 5.74) is 3.58. The number of rotatable bonds is 7. The van der Waals surface area contributed by atoms with E-state index in [1.165, 1.54) is 5.56 Å². The normalized spacial score (nSPS) is 21.0. The number of carbonyl (C=O) groups excluding carboxylic acids is 2. The largest absolute Gasteiger partial charge is 0.394 e. The van der Waals surface area contributed by atoms with Gasteiger partial charge < -0.3 is 15.3 Å². The Kier molecular flexibility index (Phi) is 6.86. The van der Waals surface area contributed by atoms with E-state index in [9.17, 15) is 14.7 Å². The van der Waals surface area contributed by atoms with E-state index in [0.717, 1.165) is 49.6 Å². The third-order valence-electron chi connectivity index (χ3n) is 7.23. The fraction of sp³-hybridized carbons (Fsp3) is 0.560. The van der Waals surface area contributed by atoms with Crippen LogP contribution >= 0.6 is 0 Å². The predicted octanol–water partition coefficient (Wildman–Crippen LogP) is 1.94. The Balaban J connectivity index is 1.50. The second kappa shape index (κ2) is 9.65. The number of aromatic nitrogens is 2. The number of aliphatic hydroxyl groups excluding tert-OH is 1. The summed E-state index contributed by atoms with van der Waals surface area (Å²) in [6, 6.07) is 9.30. The van der Waals surface area contributed by atoms with Gasteiger partial charge in [-0.25, -0.2) is 4.68 Å². The molecule has 2 N–H and O–H groups in total. The smallest absolute Gasteiger partial charge is 0.248 e. The van der Waals surface area contributed by atoms with Gasteiger partial charge >= 0.3 is 0 Å². The number of aliphatic hydroxyl groups is 1. The lowest BCUT2D eigenvalue weighted by molar-refractivity contribution is -0.162. The number of nitrogens with zero attached hydrogens (tertiary/aromatic N) is 4. The Morgan fingerprint density at radius 3 is 2.48 bits per heavy atom. The highest BCUT2D eigenvalue weighted by Gasteiger charge is 2.53. The molecule has 1 atom stereocenters. The predicted molar refractivity (Wildman–Crippen MR) is 126 cm³/mol. The van der Waals surface area contributed by atoms with E-state index >= 15 is 0 Å². The minimum Gasteiger partial charge on any atom is -0.394 e. The van der Waals surface area contributed by atoms with E-state index in [4.69, 9.17) is 5.10 Å². The number of carbonyl (C=O) groups is 2. The van der Waals surface area contributed by atoms with Crippen molar-refractivity contribution in [2.24, 2.45) is 0 Å². The highest BCUT2D eigenvalue weighted by molar-refractivity contribution is 6.00. The number of unbranched alkanes of at least 4 members (excludes halogenated alkanes) is 1. The molecule has 2 aromatic rings. The molecule has 1 unspecified atom stereocenters. The molecule has 178 valence electrons. The summed E-state index contributed by atoms with van der Waals surface area (Å²) in [6.07, 6.45) is 2.98. The van der Waals surface area contributed by atoms with Gasteiger partial charge in [0.05, 0.1) is 18.0 Å². The second-order valence-electron chi connectivity index (χ2n) is 9.26. The fourth-order valence-corrected chi connectivity index (χ4v) is 5.17. The molecule has 4 rings (SSSR count). The van der Waals surface area contributed by atoms with Gasteiger partial charge in [0.1, 0.15) is 11.6 Å². The van der Waals surface area contributed by atoms with Gasteiger partial charge in [-0.05, 0) is 45.2 Å². The van der Waals surface area contributed by atoms with E-state index in [1.807, 2.05) is 29.8 Å². The van der Waals surface area contributed by atoms with Crippen molar-refractivity contribution in [3.8, 4) is 5.69 Å². The number of benzene rings is 1. The first kappa shape index (κ1) is 23.4. The molecule has 0 saturated carbocycles. The van der Waals surface area contributed by atoms with Gasteiger partial charge in [0.15, 0.2) is 0 Å². The molecule has 0 bridgehead atoms. The van der Waals surface area contributed by atoms with Crippen LogP contribution in [-0.4, -0.2) is 74.3 Å². The lowest BCUT2D eigenvalue weighted by Crippen LogP contribution is -2.73. The van der Waals surface area contributed by atoms with Crippen LogP contribution in [0.15, 0.2) is 30.3 Å². The topological polar surface area (TPSA) is 90.7 Å². The molecule has 2 aliphatic heterocycles. The van der Waals surface area contributed by atoms with Crippen molar-refractivity contribution < 1.29 is 14.7 Å². The van der Waals surface area contributed by atoms with Crippen LogP contribution in [0.2, 0.25) is 0 Å². The Labute approximate surface area is 195 Å². The average Bonchev–Trinajstić information content (AvgIpc) is 3.11. The summed E-state index contributed by atoms with van der Waals surface area (Å²) in [6.45, 7) is 8.63. The van der Waals surface area contributed by atoms with Gasteiger partial charge in [0.2, 0.25) is 11.8 Å². The molecular weight excluding hydrogens is 418 g/mol. The van der Waals surface area contributed by atoms with E-state index in [-0.39, 0.29) is 18.4 Å². The van der Waals surface area contributed by atoms with E-state index < -0.39 is 11.6 Å². The Hall–Kier alpha value is -2.71. The third kappa shape index (κ3) is 4.29. The maximum atomic E-state index is 13.1. The second-order valence-corrected chi connectivity index (χ2v) is 9.26. The number of piperidine rings is 1. The highest BCUT2D eigenvalue weighted by atomic mass is 16.3. The monoisotopic (exact) mass is 453 g/mol. The van der Waals surface area contributed by atoms with Gasteiger partial charge in [-0.1, -0.05) is 31.5 Å². The molecular formula is C25H35N5O3. The number of likely N-dealkylation sites (tertiary alicyclic amines) is 1. The van der Waals surface area contributed by atoms with Gasteiger partial charge in [0, 0.05) is 37.4 Å². The highest BCUT2D eigenvalue weighted by Crippen LogP contribution is 2.34. The number of aryl methyl sites for hydroxylation is 1. The number of amides is 2. The Morgan fingerprint density at radius 2 is 1.85 bits per heavy atom. The molecule has 3 heterocycles. The SMILES string of the molecule is CCCCN1C(=O)C(CO)NC(=O)C12CCN(Cc1c(C)nn(-c3ccccc3)c1C)CC2. The van der Waals surface area contributed by atoms with Crippen LogP contribution in [0.5, 0.6) is 0 Å². The zero-order valence-corrected chi connectivity index (χ0v) is 19.9. The molecule has 8 nitrogen and oxygen atoms in total. The minimum atomic E-state index is -0.827. The van der Waals surface area contributed by atoms with Crippen molar-refractivity contribution in [3.63, 3.8) is 0 Å². The van der Waals surface area contributed by atoms with Crippen LogP contribution in [0.3, 0.4) is 0 Å². The Bertz CT molecular complexity index is 995. The zero-order chi connectivity index (χ0) is 23.6. The van der Waals surface area contributed by atoms with Gasteiger partial charge in [0.25, 0.3) is 0 Å². The van der Waals surface area contributed by atoms with Gasteiger partial charge in [-0.2, -0.15) is 5.10 Å². The molecule has 1 aromatic heterocycles. The van der Waals surface area contributed by atoms with Crippen LogP contribution in [0.1, 0.15) is 49.6 Å². The van der Waals surface area contributed by atoms with Crippen LogP contribution < -0.4 is 5.32 Å². The molecule has 2 saturated heterocycles. The third-order valence-corrected chi connectivity index (χ3v) is 7.23. The molecule has 2 fully saturated rings. The van der Waals surface area contributed by atoms with Crippen LogP contribution in [0, 0.1) is 13.8 Å². The first-order valence-corrected chi connectivity index (χ1v) is 12.0. The Morgan fingerprint density at radius 1 is 1.15 bits per heavy atom. The van der Waals surface area contributed by atoms with Crippen LogP contribution in [0.4, 0.5) is 0 Å².